The number of carbonyl (C=O) groups excluding carboxylic acids is 2. The summed E-state index contributed by atoms with van der Waals surface area (Å²) in [6, 6.07) is 22.3. The van der Waals surface area contributed by atoms with Gasteiger partial charge in [0.25, 0.3) is 5.91 Å². The Labute approximate surface area is 212 Å². The number of hydrogen-bond donors (Lipinski definition) is 1. The number of piperidine rings is 1. The summed E-state index contributed by atoms with van der Waals surface area (Å²) in [5, 5.41) is 2.63. The molecule has 1 N–H and O–H groups in total. The van der Waals surface area contributed by atoms with Gasteiger partial charge in [-0.15, -0.1) is 0 Å². The Morgan fingerprint density at radius 3 is 2.25 bits per heavy atom. The number of nitrogens with zero attached hydrogens (tertiary/aromatic N) is 1. The molecule has 188 valence electrons. The molecule has 0 bridgehead atoms. The van der Waals surface area contributed by atoms with Gasteiger partial charge in [-0.25, -0.2) is 8.42 Å². The second kappa shape index (κ2) is 11.5. The van der Waals surface area contributed by atoms with Crippen molar-refractivity contribution in [3.8, 4) is 11.1 Å². The fourth-order valence-electron chi connectivity index (χ4n) is 4.21. The molecule has 0 radical (unpaired) electrons. The van der Waals surface area contributed by atoms with Crippen LogP contribution in [-0.2, 0) is 30.8 Å². The number of rotatable bonds is 8. The van der Waals surface area contributed by atoms with E-state index in [2.05, 4.69) is 5.32 Å². The maximum absolute atomic E-state index is 13.1. The molecule has 3 aromatic rings. The van der Waals surface area contributed by atoms with Crippen LogP contribution >= 0.6 is 0 Å². The van der Waals surface area contributed by atoms with Crippen LogP contribution in [0.1, 0.15) is 30.4 Å². The minimum atomic E-state index is -3.64. The molecule has 0 saturated carbocycles. The number of sulfonamides is 1. The molecule has 3 aromatic carbocycles. The summed E-state index contributed by atoms with van der Waals surface area (Å²) >= 11 is 0. The highest BCUT2D eigenvalue weighted by Crippen LogP contribution is 2.26. The molecule has 1 heterocycles. The van der Waals surface area contributed by atoms with E-state index < -0.39 is 28.5 Å². The number of amides is 1. The molecule has 36 heavy (non-hydrogen) atoms. The molecule has 8 heteroatoms. The molecule has 0 unspecified atom stereocenters. The van der Waals surface area contributed by atoms with Gasteiger partial charge in [0, 0.05) is 18.8 Å². The molecule has 0 spiro atoms. The lowest BCUT2D eigenvalue weighted by molar-refractivity contribution is -0.146. The standard InChI is InChI=1S/C28H30N2O5S/c1-21-10-15-25(19-26(21)36(33,34)30-16-6-3-7-17-30)29-27(31)20-35-28(32)18-22-11-13-24(14-12-22)23-8-4-2-5-9-23/h2,4-5,8-15,19H,3,6-7,16-18,20H2,1H3,(H,29,31). The molecule has 1 aliphatic rings. The number of carbonyl (C=O) groups is 2. The maximum Gasteiger partial charge on any atom is 0.310 e. The molecule has 1 amide bonds. The first-order valence-electron chi connectivity index (χ1n) is 12.0. The summed E-state index contributed by atoms with van der Waals surface area (Å²) in [6.07, 6.45) is 2.76. The van der Waals surface area contributed by atoms with Crippen molar-refractivity contribution in [1.82, 2.24) is 4.31 Å². The van der Waals surface area contributed by atoms with Gasteiger partial charge in [0.2, 0.25) is 10.0 Å². The summed E-state index contributed by atoms with van der Waals surface area (Å²) in [6.45, 7) is 2.28. The van der Waals surface area contributed by atoms with E-state index in [4.69, 9.17) is 4.74 Å². The van der Waals surface area contributed by atoms with Crippen LogP contribution in [0.25, 0.3) is 11.1 Å². The first-order chi connectivity index (χ1) is 17.3. The predicted molar refractivity (Wildman–Crippen MR) is 139 cm³/mol. The van der Waals surface area contributed by atoms with Crippen molar-refractivity contribution in [2.75, 3.05) is 25.0 Å². The zero-order valence-electron chi connectivity index (χ0n) is 20.3. The van der Waals surface area contributed by atoms with Crippen molar-refractivity contribution in [2.24, 2.45) is 0 Å². The lowest BCUT2D eigenvalue weighted by atomic mass is 10.0. The maximum atomic E-state index is 13.1. The average molecular weight is 507 g/mol. The second-order valence-corrected chi connectivity index (χ2v) is 10.8. The molecule has 1 fully saturated rings. The van der Waals surface area contributed by atoms with Gasteiger partial charge in [0.05, 0.1) is 11.3 Å². The summed E-state index contributed by atoms with van der Waals surface area (Å²) in [5.41, 5.74) is 3.88. The monoisotopic (exact) mass is 506 g/mol. The van der Waals surface area contributed by atoms with E-state index in [9.17, 15) is 18.0 Å². The Balaban J connectivity index is 1.31. The van der Waals surface area contributed by atoms with Crippen LogP contribution in [-0.4, -0.2) is 44.3 Å². The Morgan fingerprint density at radius 2 is 1.56 bits per heavy atom. The smallest absolute Gasteiger partial charge is 0.310 e. The normalized spacial score (nSPS) is 14.2. The van der Waals surface area contributed by atoms with Crippen molar-refractivity contribution in [3.63, 3.8) is 0 Å². The lowest BCUT2D eigenvalue weighted by Gasteiger charge is -2.26. The van der Waals surface area contributed by atoms with Gasteiger partial charge in [-0.05, 0) is 54.2 Å². The number of ether oxygens (including phenoxy) is 1. The van der Waals surface area contributed by atoms with Gasteiger partial charge in [-0.2, -0.15) is 4.31 Å². The molecule has 1 aliphatic heterocycles. The fraction of sp³-hybridized carbons (Fsp3) is 0.286. The number of aryl methyl sites for hydroxylation is 1. The third-order valence-corrected chi connectivity index (χ3v) is 8.22. The Bertz CT molecular complexity index is 1320. The third kappa shape index (κ3) is 6.38. The molecule has 0 aliphatic carbocycles. The van der Waals surface area contributed by atoms with Crippen molar-refractivity contribution in [2.45, 2.75) is 37.5 Å². The summed E-state index contributed by atoms with van der Waals surface area (Å²) in [7, 11) is -3.64. The Hall–Kier alpha value is -3.49. The average Bonchev–Trinajstić information content (AvgIpc) is 2.90. The third-order valence-electron chi connectivity index (χ3n) is 6.18. The zero-order chi connectivity index (χ0) is 25.5. The van der Waals surface area contributed by atoms with Gasteiger partial charge >= 0.3 is 5.97 Å². The molecule has 7 nitrogen and oxygen atoms in total. The molecule has 0 aromatic heterocycles. The molecule has 0 atom stereocenters. The fourth-order valence-corrected chi connectivity index (χ4v) is 5.97. The number of nitrogens with one attached hydrogen (secondary N) is 1. The largest absolute Gasteiger partial charge is 0.455 e. The topological polar surface area (TPSA) is 92.8 Å². The molecular weight excluding hydrogens is 476 g/mol. The van der Waals surface area contributed by atoms with Gasteiger partial charge in [0.1, 0.15) is 0 Å². The van der Waals surface area contributed by atoms with E-state index >= 15 is 0 Å². The van der Waals surface area contributed by atoms with Gasteiger partial charge in [-0.1, -0.05) is 67.1 Å². The van der Waals surface area contributed by atoms with E-state index in [1.807, 2.05) is 54.6 Å². The summed E-state index contributed by atoms with van der Waals surface area (Å²) in [4.78, 5) is 24.8. The van der Waals surface area contributed by atoms with Crippen molar-refractivity contribution in [1.29, 1.82) is 0 Å². The predicted octanol–water partition coefficient (Wildman–Crippen LogP) is 4.56. The zero-order valence-corrected chi connectivity index (χ0v) is 21.1. The van der Waals surface area contributed by atoms with E-state index in [-0.39, 0.29) is 11.3 Å². The van der Waals surface area contributed by atoms with Crippen molar-refractivity contribution < 1.29 is 22.7 Å². The second-order valence-electron chi connectivity index (χ2n) is 8.89. The molecule has 4 rings (SSSR count). The number of esters is 1. The SMILES string of the molecule is Cc1ccc(NC(=O)COC(=O)Cc2ccc(-c3ccccc3)cc2)cc1S(=O)(=O)N1CCCCC1. The van der Waals surface area contributed by atoms with Gasteiger partial charge < -0.3 is 10.1 Å². The summed E-state index contributed by atoms with van der Waals surface area (Å²) in [5.74, 6) is -1.05. The van der Waals surface area contributed by atoms with Crippen LogP contribution in [0.5, 0.6) is 0 Å². The quantitative estimate of drug-likeness (QED) is 0.452. The van der Waals surface area contributed by atoms with Crippen LogP contribution in [0.3, 0.4) is 0 Å². The van der Waals surface area contributed by atoms with E-state index in [0.29, 0.717) is 24.3 Å². The van der Waals surface area contributed by atoms with Crippen LogP contribution in [0.2, 0.25) is 0 Å². The molecular formula is C28H30N2O5S. The highest BCUT2D eigenvalue weighted by Gasteiger charge is 2.27. The van der Waals surface area contributed by atoms with E-state index in [0.717, 1.165) is 36.0 Å². The number of benzene rings is 3. The number of anilines is 1. The van der Waals surface area contributed by atoms with Gasteiger partial charge in [0.15, 0.2) is 6.61 Å². The first kappa shape index (κ1) is 25.6. The highest BCUT2D eigenvalue weighted by molar-refractivity contribution is 7.89. The molecule has 1 saturated heterocycles. The van der Waals surface area contributed by atoms with E-state index in [1.54, 1.807) is 19.1 Å². The van der Waals surface area contributed by atoms with Crippen LogP contribution in [0, 0.1) is 6.92 Å². The number of hydrogen-bond acceptors (Lipinski definition) is 5. The van der Waals surface area contributed by atoms with Crippen LogP contribution in [0.4, 0.5) is 5.69 Å². The van der Waals surface area contributed by atoms with E-state index in [1.165, 1.54) is 10.4 Å². The Morgan fingerprint density at radius 1 is 0.889 bits per heavy atom. The lowest BCUT2D eigenvalue weighted by Crippen LogP contribution is -2.36. The highest BCUT2D eigenvalue weighted by atomic mass is 32.2. The first-order valence-corrected chi connectivity index (χ1v) is 13.5. The van der Waals surface area contributed by atoms with Crippen LogP contribution in [0.15, 0.2) is 77.7 Å². The minimum absolute atomic E-state index is 0.0467. The van der Waals surface area contributed by atoms with Crippen molar-refractivity contribution >= 4 is 27.6 Å². The minimum Gasteiger partial charge on any atom is -0.455 e. The van der Waals surface area contributed by atoms with Gasteiger partial charge in [-0.3, -0.25) is 9.59 Å². The summed E-state index contributed by atoms with van der Waals surface area (Å²) < 4.78 is 32.8. The van der Waals surface area contributed by atoms with Crippen LogP contribution < -0.4 is 5.32 Å². The van der Waals surface area contributed by atoms with Crippen molar-refractivity contribution in [3.05, 3.63) is 83.9 Å². The Kier molecular flexibility index (Phi) is 8.18.